The summed E-state index contributed by atoms with van der Waals surface area (Å²) >= 11 is 0. The van der Waals surface area contributed by atoms with Gasteiger partial charge in [-0.3, -0.25) is 0 Å². The van der Waals surface area contributed by atoms with Gasteiger partial charge in [0, 0.05) is 44.2 Å². The summed E-state index contributed by atoms with van der Waals surface area (Å²) in [6.07, 6.45) is 0. The first-order valence-electron chi connectivity index (χ1n) is 22.6. The van der Waals surface area contributed by atoms with Crippen LogP contribution in [0, 0.1) is 0 Å². The molecule has 12 aromatic rings. The van der Waals surface area contributed by atoms with Crippen molar-refractivity contribution < 1.29 is 0 Å². The second kappa shape index (κ2) is 15.3. The molecular formula is C62H47N3. The van der Waals surface area contributed by atoms with Crippen LogP contribution in [0.4, 0.5) is 17.1 Å². The molecule has 0 atom stereocenters. The number of para-hydroxylation sites is 3. The van der Waals surface area contributed by atoms with E-state index in [0.717, 1.165) is 39.5 Å². The molecule has 65 heavy (non-hydrogen) atoms. The summed E-state index contributed by atoms with van der Waals surface area (Å²) in [6, 6.07) is 84.6. The van der Waals surface area contributed by atoms with E-state index in [-0.39, 0.29) is 5.41 Å². The van der Waals surface area contributed by atoms with Crippen LogP contribution in [0.2, 0.25) is 0 Å². The van der Waals surface area contributed by atoms with E-state index in [1.165, 1.54) is 71.2 Å². The van der Waals surface area contributed by atoms with Gasteiger partial charge in [-0.05, 0) is 105 Å². The lowest BCUT2D eigenvalue weighted by Crippen LogP contribution is -2.11. The summed E-state index contributed by atoms with van der Waals surface area (Å²) in [5, 5.41) is 7.35. The quantitative estimate of drug-likeness (QED) is 0.156. The van der Waals surface area contributed by atoms with E-state index in [0.29, 0.717) is 0 Å². The lowest BCUT2D eigenvalue weighted by Gasteiger charge is -2.27. The van der Waals surface area contributed by atoms with Crippen molar-refractivity contribution in [3.8, 4) is 33.6 Å². The molecule has 0 bridgehead atoms. The van der Waals surface area contributed by atoms with E-state index in [9.17, 15) is 0 Å². The van der Waals surface area contributed by atoms with Gasteiger partial charge in [0.1, 0.15) is 0 Å². The Kier molecular flexibility index (Phi) is 9.06. The SMILES string of the molecule is CC(C)(C)c1ccc(-n2c3ccccc3c3c(N(c4ccc(-c5cccc6ccccc56)cc4)c4ccc5c6ccccc6n(-c6ccccc6-c6ccccc6)c5c4)cccc32)cc1. The fourth-order valence-corrected chi connectivity index (χ4v) is 10.2. The summed E-state index contributed by atoms with van der Waals surface area (Å²) in [5.74, 6) is 0. The third kappa shape index (κ3) is 6.42. The van der Waals surface area contributed by atoms with Gasteiger partial charge >= 0.3 is 0 Å². The smallest absolute Gasteiger partial charge is 0.0562 e. The Balaban J connectivity index is 1.12. The van der Waals surface area contributed by atoms with Crippen molar-refractivity contribution in [3.63, 3.8) is 0 Å². The van der Waals surface area contributed by atoms with Crippen molar-refractivity contribution in [1.82, 2.24) is 9.13 Å². The molecule has 0 aliphatic heterocycles. The van der Waals surface area contributed by atoms with Gasteiger partial charge in [-0.25, -0.2) is 0 Å². The van der Waals surface area contributed by atoms with Crippen LogP contribution in [0.3, 0.4) is 0 Å². The van der Waals surface area contributed by atoms with Crippen LogP contribution >= 0.6 is 0 Å². The summed E-state index contributed by atoms with van der Waals surface area (Å²) in [4.78, 5) is 2.47. The lowest BCUT2D eigenvalue weighted by atomic mass is 9.87. The molecule has 0 radical (unpaired) electrons. The van der Waals surface area contributed by atoms with Gasteiger partial charge in [-0.1, -0.05) is 185 Å². The van der Waals surface area contributed by atoms with Crippen LogP contribution < -0.4 is 4.90 Å². The Hall–Kier alpha value is -8.14. The highest BCUT2D eigenvalue weighted by Crippen LogP contribution is 2.46. The van der Waals surface area contributed by atoms with E-state index < -0.39 is 0 Å². The zero-order valence-corrected chi connectivity index (χ0v) is 36.8. The Morgan fingerprint density at radius 1 is 0.369 bits per heavy atom. The number of aromatic nitrogens is 2. The highest BCUT2D eigenvalue weighted by atomic mass is 15.2. The minimum absolute atomic E-state index is 0.0621. The Bertz CT molecular complexity index is 3730. The molecule has 3 heteroatoms. The maximum atomic E-state index is 2.47. The van der Waals surface area contributed by atoms with Crippen molar-refractivity contribution in [2.45, 2.75) is 26.2 Å². The zero-order valence-electron chi connectivity index (χ0n) is 36.8. The summed E-state index contributed by atoms with van der Waals surface area (Å²) in [7, 11) is 0. The molecule has 0 spiro atoms. The van der Waals surface area contributed by atoms with Gasteiger partial charge in [-0.2, -0.15) is 0 Å². The number of hydrogen-bond acceptors (Lipinski definition) is 1. The van der Waals surface area contributed by atoms with E-state index in [1.807, 2.05) is 0 Å². The average Bonchev–Trinajstić information content (AvgIpc) is 3.87. The summed E-state index contributed by atoms with van der Waals surface area (Å²) in [6.45, 7) is 6.82. The topological polar surface area (TPSA) is 13.1 Å². The molecule has 0 aliphatic rings. The van der Waals surface area contributed by atoms with E-state index in [4.69, 9.17) is 0 Å². The third-order valence-electron chi connectivity index (χ3n) is 13.3. The largest absolute Gasteiger partial charge is 0.310 e. The second-order valence-electron chi connectivity index (χ2n) is 18.2. The summed E-state index contributed by atoms with van der Waals surface area (Å²) in [5.41, 5.74) is 16.4. The van der Waals surface area contributed by atoms with Gasteiger partial charge in [-0.15, -0.1) is 0 Å². The van der Waals surface area contributed by atoms with Crippen LogP contribution in [0.5, 0.6) is 0 Å². The van der Waals surface area contributed by atoms with Gasteiger partial charge < -0.3 is 14.0 Å². The highest BCUT2D eigenvalue weighted by molar-refractivity contribution is 6.17. The highest BCUT2D eigenvalue weighted by Gasteiger charge is 2.24. The Labute approximate surface area is 379 Å². The first-order chi connectivity index (χ1) is 31.9. The van der Waals surface area contributed by atoms with E-state index >= 15 is 0 Å². The molecule has 12 rings (SSSR count). The third-order valence-corrected chi connectivity index (χ3v) is 13.3. The first-order valence-corrected chi connectivity index (χ1v) is 22.6. The maximum Gasteiger partial charge on any atom is 0.0562 e. The van der Waals surface area contributed by atoms with Crippen LogP contribution in [0.15, 0.2) is 231 Å². The molecule has 310 valence electrons. The van der Waals surface area contributed by atoms with Crippen LogP contribution in [-0.4, -0.2) is 9.13 Å². The normalized spacial score (nSPS) is 11.9. The molecule has 0 fully saturated rings. The van der Waals surface area contributed by atoms with Crippen LogP contribution in [0.1, 0.15) is 26.3 Å². The van der Waals surface area contributed by atoms with Crippen molar-refractivity contribution in [3.05, 3.63) is 236 Å². The molecule has 0 saturated heterocycles. The standard InChI is InChI=1S/C62H47N3/c1-62(2,3)45-33-37-47(38-34-45)64-57-28-14-11-24-54(57)61-58(29-16-30-59(61)64)63(46-35-31-44(32-36-46)50-25-15-20-42-19-7-8-21-49(42)50)48-39-40-53-52-23-10-13-27-56(52)65(60(53)41-48)55-26-12-9-22-51(55)43-17-5-4-6-18-43/h4-41H,1-3H3. The van der Waals surface area contributed by atoms with Crippen LogP contribution in [-0.2, 0) is 5.41 Å². The van der Waals surface area contributed by atoms with E-state index in [1.54, 1.807) is 0 Å². The molecule has 0 aliphatic carbocycles. The minimum Gasteiger partial charge on any atom is -0.310 e. The second-order valence-corrected chi connectivity index (χ2v) is 18.2. The zero-order chi connectivity index (χ0) is 43.6. The molecule has 0 amide bonds. The van der Waals surface area contributed by atoms with E-state index in [2.05, 4.69) is 265 Å². The Morgan fingerprint density at radius 2 is 0.938 bits per heavy atom. The number of rotatable bonds is 7. The molecule has 10 aromatic carbocycles. The summed E-state index contributed by atoms with van der Waals surface area (Å²) < 4.78 is 4.90. The number of anilines is 3. The predicted octanol–water partition coefficient (Wildman–Crippen LogP) is 17.1. The molecule has 3 nitrogen and oxygen atoms in total. The molecule has 0 saturated carbocycles. The molecule has 0 unspecified atom stereocenters. The predicted molar refractivity (Wildman–Crippen MR) is 277 cm³/mol. The van der Waals surface area contributed by atoms with Gasteiger partial charge in [0.05, 0.1) is 33.4 Å². The van der Waals surface area contributed by atoms with Crippen molar-refractivity contribution in [2.24, 2.45) is 0 Å². The molecule has 2 heterocycles. The van der Waals surface area contributed by atoms with Crippen molar-refractivity contribution in [1.29, 1.82) is 0 Å². The van der Waals surface area contributed by atoms with Crippen molar-refractivity contribution >= 4 is 71.4 Å². The molecular weight excluding hydrogens is 787 g/mol. The Morgan fingerprint density at radius 3 is 1.72 bits per heavy atom. The lowest BCUT2D eigenvalue weighted by molar-refractivity contribution is 0.590. The maximum absolute atomic E-state index is 2.47. The molecule has 0 N–H and O–H groups in total. The minimum atomic E-state index is 0.0621. The number of nitrogens with zero attached hydrogens (tertiary/aromatic N) is 3. The van der Waals surface area contributed by atoms with Crippen molar-refractivity contribution in [2.75, 3.05) is 4.90 Å². The van der Waals surface area contributed by atoms with Gasteiger partial charge in [0.25, 0.3) is 0 Å². The van der Waals surface area contributed by atoms with Gasteiger partial charge in [0.15, 0.2) is 0 Å². The number of benzene rings is 10. The molecule has 2 aromatic heterocycles. The van der Waals surface area contributed by atoms with Crippen LogP contribution in [0.25, 0.3) is 88.0 Å². The number of hydrogen-bond donors (Lipinski definition) is 0. The average molecular weight is 834 g/mol. The fraction of sp³-hybridized carbons (Fsp3) is 0.0645. The number of fused-ring (bicyclic) bond motifs is 7. The fourth-order valence-electron chi connectivity index (χ4n) is 10.2. The first kappa shape index (κ1) is 38.5. The monoisotopic (exact) mass is 833 g/mol. The van der Waals surface area contributed by atoms with Gasteiger partial charge in [0.2, 0.25) is 0 Å².